The summed E-state index contributed by atoms with van der Waals surface area (Å²) >= 11 is 5.65. The van der Waals surface area contributed by atoms with E-state index in [9.17, 15) is 4.79 Å². The highest BCUT2D eigenvalue weighted by Gasteiger charge is 2.60. The Hall–Kier alpha value is -0.240. The maximum Gasteiger partial charge on any atom is 0.235 e. The fourth-order valence-electron chi connectivity index (χ4n) is 5.92. The van der Waals surface area contributed by atoms with Crippen molar-refractivity contribution in [2.24, 2.45) is 16.7 Å². The fourth-order valence-corrected chi connectivity index (χ4v) is 5.98. The summed E-state index contributed by atoms with van der Waals surface area (Å²) in [5.74, 6) is 0.928. The number of hydrogen-bond acceptors (Lipinski definition) is 1. The summed E-state index contributed by atoms with van der Waals surface area (Å²) in [5, 5.41) is 3.25. The summed E-state index contributed by atoms with van der Waals surface area (Å²) in [7, 11) is 0. The van der Waals surface area contributed by atoms with Crippen molar-refractivity contribution in [1.82, 2.24) is 5.32 Å². The molecule has 0 aromatic heterocycles. The molecule has 1 N–H and O–H groups in total. The first-order valence-corrected chi connectivity index (χ1v) is 7.27. The normalized spacial score (nSPS) is 51.6. The van der Waals surface area contributed by atoms with Crippen LogP contribution in [0.15, 0.2) is 0 Å². The van der Waals surface area contributed by atoms with Gasteiger partial charge in [-0.25, -0.2) is 0 Å². The average molecular weight is 256 g/mol. The fraction of sp³-hybridized carbons (Fsp3) is 0.929. The molecular formula is C14H22ClNO. The molecule has 4 saturated carbocycles. The minimum Gasteiger partial charge on any atom is -0.350 e. The number of carbonyl (C=O) groups excluding carboxylic acids is 1. The molecule has 0 heterocycles. The number of rotatable bonds is 2. The van der Waals surface area contributed by atoms with Crippen LogP contribution in [0.5, 0.6) is 0 Å². The third kappa shape index (κ3) is 1.89. The zero-order valence-corrected chi connectivity index (χ0v) is 11.6. The molecule has 0 aromatic rings. The van der Waals surface area contributed by atoms with Crippen LogP contribution in [0.4, 0.5) is 0 Å². The van der Waals surface area contributed by atoms with Crippen molar-refractivity contribution in [2.45, 2.75) is 57.9 Å². The van der Waals surface area contributed by atoms with Crippen LogP contribution in [0.2, 0.25) is 0 Å². The number of nitrogens with one attached hydrogen (secondary N) is 1. The molecule has 0 spiro atoms. The maximum absolute atomic E-state index is 11.7. The third-order valence-electron chi connectivity index (χ3n) is 5.15. The van der Waals surface area contributed by atoms with Crippen LogP contribution in [0.3, 0.4) is 0 Å². The first-order valence-electron chi connectivity index (χ1n) is 6.73. The van der Waals surface area contributed by atoms with E-state index in [0.29, 0.717) is 10.8 Å². The second-order valence-electron chi connectivity index (χ2n) is 7.59. The predicted molar refractivity (Wildman–Crippen MR) is 69.0 cm³/mol. The Morgan fingerprint density at radius 3 is 2.24 bits per heavy atom. The number of carbonyl (C=O) groups is 1. The lowest BCUT2D eigenvalue weighted by Gasteiger charge is -2.65. The van der Waals surface area contributed by atoms with Gasteiger partial charge in [-0.1, -0.05) is 13.8 Å². The second kappa shape index (κ2) is 3.40. The molecule has 0 unspecified atom stereocenters. The van der Waals surface area contributed by atoms with Gasteiger partial charge in [0.25, 0.3) is 0 Å². The maximum atomic E-state index is 11.7. The Bertz CT molecular complexity index is 349. The highest BCUT2D eigenvalue weighted by molar-refractivity contribution is 6.27. The predicted octanol–water partition coefficient (Wildman–Crippen LogP) is 3.09. The Kier molecular flexibility index (Phi) is 2.37. The standard InChI is InChI=1S/C14H22ClNO/c1-12-3-10-4-13(2,7-12)9-14(5-10,8-12)16-11(17)6-15/h10H,3-9H2,1-2H3,(H,16,17)/t10?,12-,13-,14?/m1/s1. The molecule has 3 heteroatoms. The summed E-state index contributed by atoms with van der Waals surface area (Å²) in [6.07, 6.45) is 7.57. The molecule has 0 aliphatic heterocycles. The molecule has 1 amide bonds. The summed E-state index contributed by atoms with van der Waals surface area (Å²) in [6, 6.07) is 0. The van der Waals surface area contributed by atoms with E-state index < -0.39 is 0 Å². The highest BCUT2D eigenvalue weighted by atomic mass is 35.5. The largest absolute Gasteiger partial charge is 0.350 e. The molecule has 96 valence electrons. The molecule has 17 heavy (non-hydrogen) atoms. The van der Waals surface area contributed by atoms with Crippen molar-refractivity contribution in [2.75, 3.05) is 5.88 Å². The van der Waals surface area contributed by atoms with Gasteiger partial charge in [-0.3, -0.25) is 4.79 Å². The van der Waals surface area contributed by atoms with E-state index in [1.54, 1.807) is 0 Å². The van der Waals surface area contributed by atoms with Crippen molar-refractivity contribution in [3.63, 3.8) is 0 Å². The third-order valence-corrected chi connectivity index (χ3v) is 5.39. The van der Waals surface area contributed by atoms with Crippen molar-refractivity contribution < 1.29 is 4.79 Å². The van der Waals surface area contributed by atoms with Gasteiger partial charge in [0.05, 0.1) is 0 Å². The first-order chi connectivity index (χ1) is 7.86. The van der Waals surface area contributed by atoms with Gasteiger partial charge in [0.1, 0.15) is 5.88 Å². The zero-order valence-electron chi connectivity index (χ0n) is 10.8. The second-order valence-corrected chi connectivity index (χ2v) is 7.86. The molecule has 0 radical (unpaired) electrons. The van der Waals surface area contributed by atoms with E-state index in [-0.39, 0.29) is 17.3 Å². The Morgan fingerprint density at radius 2 is 1.76 bits per heavy atom. The molecule has 2 nitrogen and oxygen atoms in total. The average Bonchev–Trinajstić information content (AvgIpc) is 2.10. The SMILES string of the molecule is C[C@]12CC3CC(NC(=O)CCl)(C1)C[C@](C)(C3)C2. The van der Waals surface area contributed by atoms with Gasteiger partial charge in [-0.05, 0) is 55.3 Å². The lowest BCUT2D eigenvalue weighted by Crippen LogP contribution is -2.65. The van der Waals surface area contributed by atoms with Crippen molar-refractivity contribution in [3.8, 4) is 0 Å². The summed E-state index contributed by atoms with van der Waals surface area (Å²) < 4.78 is 0. The molecule has 4 rings (SSSR count). The van der Waals surface area contributed by atoms with E-state index in [2.05, 4.69) is 19.2 Å². The van der Waals surface area contributed by atoms with Gasteiger partial charge in [-0.2, -0.15) is 0 Å². The summed E-state index contributed by atoms with van der Waals surface area (Å²) in [4.78, 5) is 11.7. The number of halogens is 1. The lowest BCUT2D eigenvalue weighted by atomic mass is 9.43. The minimum atomic E-state index is 0.0146. The quantitative estimate of drug-likeness (QED) is 0.755. The molecule has 0 saturated heterocycles. The van der Waals surface area contributed by atoms with E-state index in [4.69, 9.17) is 11.6 Å². The molecule has 2 atom stereocenters. The van der Waals surface area contributed by atoms with Gasteiger partial charge < -0.3 is 5.32 Å². The monoisotopic (exact) mass is 255 g/mol. The smallest absolute Gasteiger partial charge is 0.235 e. The number of hydrogen-bond donors (Lipinski definition) is 1. The number of amides is 1. The van der Waals surface area contributed by atoms with E-state index >= 15 is 0 Å². The molecule has 4 bridgehead atoms. The first kappa shape index (κ1) is 11.8. The van der Waals surface area contributed by atoms with E-state index in [0.717, 1.165) is 18.8 Å². The number of alkyl halides is 1. The molecule has 4 fully saturated rings. The molecular weight excluding hydrogens is 234 g/mol. The van der Waals surface area contributed by atoms with Crippen molar-refractivity contribution in [3.05, 3.63) is 0 Å². The Morgan fingerprint density at radius 1 is 1.18 bits per heavy atom. The molecule has 0 aromatic carbocycles. The van der Waals surface area contributed by atoms with E-state index in [1.165, 1.54) is 25.7 Å². The zero-order chi connectivity index (χ0) is 12.3. The van der Waals surface area contributed by atoms with Gasteiger partial charge in [0.2, 0.25) is 5.91 Å². The van der Waals surface area contributed by atoms with Crippen LogP contribution in [-0.2, 0) is 4.79 Å². The summed E-state index contributed by atoms with van der Waals surface area (Å²) in [5.41, 5.74) is 0.969. The minimum absolute atomic E-state index is 0.0146. The Balaban J connectivity index is 1.89. The van der Waals surface area contributed by atoms with Crippen LogP contribution < -0.4 is 5.32 Å². The summed E-state index contributed by atoms with van der Waals surface area (Å²) in [6.45, 7) is 4.83. The van der Waals surface area contributed by atoms with Gasteiger partial charge in [0, 0.05) is 5.54 Å². The van der Waals surface area contributed by atoms with Gasteiger partial charge >= 0.3 is 0 Å². The Labute approximate surface area is 108 Å². The van der Waals surface area contributed by atoms with Crippen LogP contribution in [0.25, 0.3) is 0 Å². The topological polar surface area (TPSA) is 29.1 Å². The molecule has 4 aliphatic carbocycles. The van der Waals surface area contributed by atoms with Crippen molar-refractivity contribution >= 4 is 17.5 Å². The van der Waals surface area contributed by atoms with Gasteiger partial charge in [-0.15, -0.1) is 11.6 Å². The van der Waals surface area contributed by atoms with Crippen LogP contribution >= 0.6 is 11.6 Å². The lowest BCUT2D eigenvalue weighted by molar-refractivity contribution is -0.137. The van der Waals surface area contributed by atoms with Crippen LogP contribution in [0, 0.1) is 16.7 Å². The van der Waals surface area contributed by atoms with Crippen LogP contribution in [-0.4, -0.2) is 17.3 Å². The van der Waals surface area contributed by atoms with E-state index in [1.807, 2.05) is 0 Å². The highest BCUT2D eigenvalue weighted by Crippen LogP contribution is 2.66. The van der Waals surface area contributed by atoms with Crippen molar-refractivity contribution in [1.29, 1.82) is 0 Å². The van der Waals surface area contributed by atoms with Crippen LogP contribution in [0.1, 0.15) is 52.4 Å². The van der Waals surface area contributed by atoms with Gasteiger partial charge in [0.15, 0.2) is 0 Å². The molecule has 4 aliphatic rings.